The van der Waals surface area contributed by atoms with Gasteiger partial charge in [0.25, 0.3) is 0 Å². The lowest BCUT2D eigenvalue weighted by Gasteiger charge is -2.20. The van der Waals surface area contributed by atoms with Crippen LogP contribution in [0, 0.1) is 0 Å². The molecule has 0 radical (unpaired) electrons. The highest BCUT2D eigenvalue weighted by molar-refractivity contribution is 8.93. The molecule has 0 amide bonds. The van der Waals surface area contributed by atoms with Gasteiger partial charge in [-0.15, -0.1) is 17.0 Å². The van der Waals surface area contributed by atoms with E-state index in [4.69, 9.17) is 0 Å². The normalized spacial score (nSPS) is 13.5. The molecule has 98 valence electrons. The van der Waals surface area contributed by atoms with Crippen LogP contribution in [-0.4, -0.2) is 16.6 Å². The second-order valence-electron chi connectivity index (χ2n) is 4.33. The van der Waals surface area contributed by atoms with Gasteiger partial charge in [0.05, 0.1) is 6.67 Å². The van der Waals surface area contributed by atoms with Gasteiger partial charge in [-0.1, -0.05) is 36.4 Å². The van der Waals surface area contributed by atoms with Crippen LogP contribution in [-0.2, 0) is 6.54 Å². The molecule has 0 bridgehead atoms. The molecule has 0 atom stereocenters. The molecule has 0 aliphatic carbocycles. The number of nitrogens with zero attached hydrogens (tertiary/aromatic N) is 3. The number of halogens is 1. The van der Waals surface area contributed by atoms with Crippen LogP contribution < -0.4 is 4.90 Å². The van der Waals surface area contributed by atoms with Crippen LogP contribution in [0.25, 0.3) is 0 Å². The van der Waals surface area contributed by atoms with E-state index in [1.807, 2.05) is 30.5 Å². The van der Waals surface area contributed by atoms with Crippen LogP contribution in [0.4, 0.5) is 5.82 Å². The van der Waals surface area contributed by atoms with E-state index in [-0.39, 0.29) is 17.0 Å². The maximum Gasteiger partial charge on any atom is 0.133 e. The first-order valence-corrected chi connectivity index (χ1v) is 6.06. The highest BCUT2D eigenvalue weighted by atomic mass is 79.9. The van der Waals surface area contributed by atoms with Crippen molar-refractivity contribution in [3.63, 3.8) is 0 Å². The molecule has 2 heterocycles. The fourth-order valence-corrected chi connectivity index (χ4v) is 2.06. The standard InChI is InChI=1S/C15H15N3.BrH/c1-2-6-14(7-3-1)12-17-10-11-18(13-17)15-8-4-5-9-16-15;/h1-11H,12-13H2;1H. The van der Waals surface area contributed by atoms with Gasteiger partial charge in [0, 0.05) is 25.1 Å². The third kappa shape index (κ3) is 3.35. The highest BCUT2D eigenvalue weighted by Gasteiger charge is 2.14. The van der Waals surface area contributed by atoms with Gasteiger partial charge in [-0.3, -0.25) is 0 Å². The smallest absolute Gasteiger partial charge is 0.133 e. The molecule has 0 fully saturated rings. The third-order valence-electron chi connectivity index (χ3n) is 2.96. The van der Waals surface area contributed by atoms with Crippen LogP contribution in [0.5, 0.6) is 0 Å². The molecule has 0 saturated heterocycles. The fraction of sp³-hybridized carbons (Fsp3) is 0.133. The fourth-order valence-electron chi connectivity index (χ4n) is 2.06. The van der Waals surface area contributed by atoms with Crippen molar-refractivity contribution in [3.05, 3.63) is 72.7 Å². The molecule has 0 spiro atoms. The summed E-state index contributed by atoms with van der Waals surface area (Å²) in [4.78, 5) is 8.76. The Balaban J connectivity index is 0.00000133. The number of hydrogen-bond acceptors (Lipinski definition) is 3. The van der Waals surface area contributed by atoms with E-state index < -0.39 is 0 Å². The number of rotatable bonds is 3. The summed E-state index contributed by atoms with van der Waals surface area (Å²) < 4.78 is 0. The molecule has 2 aromatic rings. The summed E-state index contributed by atoms with van der Waals surface area (Å²) in [6, 6.07) is 16.5. The van der Waals surface area contributed by atoms with E-state index in [2.05, 4.69) is 51.4 Å². The van der Waals surface area contributed by atoms with Crippen LogP contribution in [0.1, 0.15) is 5.56 Å². The van der Waals surface area contributed by atoms with E-state index in [0.717, 1.165) is 19.0 Å². The quantitative estimate of drug-likeness (QED) is 0.864. The van der Waals surface area contributed by atoms with Gasteiger partial charge < -0.3 is 9.80 Å². The largest absolute Gasteiger partial charge is 0.354 e. The first-order chi connectivity index (χ1) is 8.92. The molecule has 3 rings (SSSR count). The first-order valence-electron chi connectivity index (χ1n) is 6.06. The van der Waals surface area contributed by atoms with Gasteiger partial charge in [0.1, 0.15) is 5.82 Å². The average molecular weight is 318 g/mol. The van der Waals surface area contributed by atoms with E-state index in [1.54, 1.807) is 0 Å². The zero-order valence-electron chi connectivity index (χ0n) is 10.5. The van der Waals surface area contributed by atoms with Crippen molar-refractivity contribution in [2.45, 2.75) is 6.54 Å². The Morgan fingerprint density at radius 3 is 2.47 bits per heavy atom. The lowest BCUT2D eigenvalue weighted by molar-refractivity contribution is 0.399. The molecule has 4 heteroatoms. The Morgan fingerprint density at radius 1 is 0.947 bits per heavy atom. The summed E-state index contributed by atoms with van der Waals surface area (Å²) in [5.41, 5.74) is 1.32. The third-order valence-corrected chi connectivity index (χ3v) is 2.96. The molecule has 19 heavy (non-hydrogen) atoms. The molecule has 1 aliphatic rings. The second-order valence-corrected chi connectivity index (χ2v) is 4.33. The molecule has 1 aromatic heterocycles. The van der Waals surface area contributed by atoms with Crippen molar-refractivity contribution >= 4 is 22.8 Å². The number of pyridine rings is 1. The molecular weight excluding hydrogens is 302 g/mol. The van der Waals surface area contributed by atoms with E-state index >= 15 is 0 Å². The molecule has 0 unspecified atom stereocenters. The predicted octanol–water partition coefficient (Wildman–Crippen LogP) is 3.41. The number of hydrogen-bond donors (Lipinski definition) is 0. The topological polar surface area (TPSA) is 19.4 Å². The maximum absolute atomic E-state index is 4.35. The number of benzene rings is 1. The lowest BCUT2D eigenvalue weighted by Crippen LogP contribution is -2.25. The number of aromatic nitrogens is 1. The van der Waals surface area contributed by atoms with E-state index in [1.165, 1.54) is 5.56 Å². The van der Waals surface area contributed by atoms with Crippen molar-refractivity contribution in [2.24, 2.45) is 0 Å². The minimum absolute atomic E-state index is 0. The van der Waals surface area contributed by atoms with Crippen molar-refractivity contribution in [1.82, 2.24) is 9.88 Å². The summed E-state index contributed by atoms with van der Waals surface area (Å²) in [5.74, 6) is 0.990. The lowest BCUT2D eigenvalue weighted by atomic mass is 10.2. The second kappa shape index (κ2) is 6.38. The Kier molecular flexibility index (Phi) is 4.58. The predicted molar refractivity (Wildman–Crippen MR) is 83.0 cm³/mol. The Hall–Kier alpha value is -1.81. The van der Waals surface area contributed by atoms with Gasteiger partial charge in [-0.2, -0.15) is 0 Å². The Bertz CT molecular complexity index is 528. The zero-order chi connectivity index (χ0) is 12.2. The molecule has 3 nitrogen and oxygen atoms in total. The van der Waals surface area contributed by atoms with Gasteiger partial charge >= 0.3 is 0 Å². The van der Waals surface area contributed by atoms with Crippen molar-refractivity contribution in [2.75, 3.05) is 11.6 Å². The van der Waals surface area contributed by atoms with Gasteiger partial charge in [-0.25, -0.2) is 4.98 Å². The molecule has 0 saturated carbocycles. The summed E-state index contributed by atoms with van der Waals surface area (Å²) in [6.45, 7) is 1.78. The summed E-state index contributed by atoms with van der Waals surface area (Å²) in [5, 5.41) is 0. The van der Waals surface area contributed by atoms with Crippen molar-refractivity contribution in [3.8, 4) is 0 Å². The van der Waals surface area contributed by atoms with Gasteiger partial charge in [0.2, 0.25) is 0 Å². The minimum Gasteiger partial charge on any atom is -0.354 e. The van der Waals surface area contributed by atoms with Crippen LogP contribution in [0.3, 0.4) is 0 Å². The molecular formula is C15H16BrN3. The first kappa shape index (κ1) is 13.6. The SMILES string of the molecule is Br.C1=CN(c2ccccn2)CN1Cc1ccccc1. The van der Waals surface area contributed by atoms with Crippen molar-refractivity contribution in [1.29, 1.82) is 0 Å². The van der Waals surface area contributed by atoms with E-state index in [9.17, 15) is 0 Å². The van der Waals surface area contributed by atoms with E-state index in [0.29, 0.717) is 0 Å². The summed E-state index contributed by atoms with van der Waals surface area (Å²) >= 11 is 0. The monoisotopic (exact) mass is 317 g/mol. The summed E-state index contributed by atoms with van der Waals surface area (Å²) in [6.07, 6.45) is 6.01. The zero-order valence-corrected chi connectivity index (χ0v) is 12.2. The minimum atomic E-state index is 0. The van der Waals surface area contributed by atoms with Crippen LogP contribution in [0.15, 0.2) is 67.1 Å². The Labute approximate surface area is 124 Å². The van der Waals surface area contributed by atoms with Gasteiger partial charge in [-0.05, 0) is 17.7 Å². The van der Waals surface area contributed by atoms with Crippen LogP contribution >= 0.6 is 17.0 Å². The van der Waals surface area contributed by atoms with Crippen LogP contribution in [0.2, 0.25) is 0 Å². The molecule has 0 N–H and O–H groups in total. The highest BCUT2D eigenvalue weighted by Crippen LogP contribution is 2.17. The Morgan fingerprint density at radius 2 is 1.74 bits per heavy atom. The van der Waals surface area contributed by atoms with Gasteiger partial charge in [0.15, 0.2) is 0 Å². The average Bonchev–Trinajstić information content (AvgIpc) is 2.89. The number of anilines is 1. The maximum atomic E-state index is 4.35. The summed E-state index contributed by atoms with van der Waals surface area (Å²) in [7, 11) is 0. The molecule has 1 aromatic carbocycles. The molecule has 1 aliphatic heterocycles. The van der Waals surface area contributed by atoms with Crippen molar-refractivity contribution < 1.29 is 0 Å².